The molecular formula is C14H23N3O2S2. The topological polar surface area (TPSA) is 61.4 Å². The second-order valence-corrected chi connectivity index (χ2v) is 8.96. The molecule has 1 aromatic heterocycles. The molecule has 0 amide bonds. The van der Waals surface area contributed by atoms with Gasteiger partial charge in [-0.25, -0.2) is 13.1 Å². The molecule has 1 unspecified atom stereocenters. The summed E-state index contributed by atoms with van der Waals surface area (Å²) in [6, 6.07) is 2.76. The Labute approximate surface area is 130 Å². The van der Waals surface area contributed by atoms with E-state index in [4.69, 9.17) is 0 Å². The third kappa shape index (κ3) is 4.04. The molecular weight excluding hydrogens is 306 g/mol. The van der Waals surface area contributed by atoms with Crippen molar-refractivity contribution in [3.63, 3.8) is 0 Å². The van der Waals surface area contributed by atoms with Gasteiger partial charge in [0.2, 0.25) is 10.0 Å². The molecule has 1 aliphatic carbocycles. The van der Waals surface area contributed by atoms with Crippen molar-refractivity contribution in [2.45, 2.75) is 48.5 Å². The highest BCUT2D eigenvalue weighted by atomic mass is 32.2. The van der Waals surface area contributed by atoms with E-state index in [0.717, 1.165) is 31.5 Å². The van der Waals surface area contributed by atoms with Crippen LogP contribution in [-0.4, -0.2) is 45.5 Å². The minimum Gasteiger partial charge on any atom is -0.310 e. The zero-order chi connectivity index (χ0) is 14.9. The van der Waals surface area contributed by atoms with E-state index in [-0.39, 0.29) is 0 Å². The third-order valence-electron chi connectivity index (χ3n) is 4.25. The van der Waals surface area contributed by atoms with Gasteiger partial charge < -0.3 is 10.2 Å². The van der Waals surface area contributed by atoms with Crippen LogP contribution in [0.25, 0.3) is 0 Å². The SMILES string of the molecule is CN1CCCC1CNS(=O)(=O)c1cc(CNC2CC2)cs1. The van der Waals surface area contributed by atoms with Crippen LogP contribution in [-0.2, 0) is 16.6 Å². The molecule has 1 saturated carbocycles. The second kappa shape index (κ2) is 6.34. The number of likely N-dealkylation sites (tertiary alicyclic amines) is 1. The lowest BCUT2D eigenvalue weighted by atomic mass is 10.2. The normalized spacial score (nSPS) is 23.8. The summed E-state index contributed by atoms with van der Waals surface area (Å²) in [5.74, 6) is 0. The Bertz CT molecular complexity index is 581. The molecule has 118 valence electrons. The van der Waals surface area contributed by atoms with Gasteiger partial charge in [0.05, 0.1) is 0 Å². The van der Waals surface area contributed by atoms with E-state index in [9.17, 15) is 8.42 Å². The molecule has 2 heterocycles. The van der Waals surface area contributed by atoms with Gasteiger partial charge in [0.15, 0.2) is 0 Å². The first kappa shape index (κ1) is 15.4. The highest BCUT2D eigenvalue weighted by Gasteiger charge is 2.24. The van der Waals surface area contributed by atoms with Gasteiger partial charge in [-0.1, -0.05) is 0 Å². The fourth-order valence-electron chi connectivity index (χ4n) is 2.65. The highest BCUT2D eigenvalue weighted by molar-refractivity contribution is 7.91. The second-order valence-electron chi connectivity index (χ2n) is 6.06. The van der Waals surface area contributed by atoms with Crippen LogP contribution in [0.5, 0.6) is 0 Å². The Morgan fingerprint density at radius 1 is 1.38 bits per heavy atom. The fourth-order valence-corrected chi connectivity index (χ4v) is 4.98. The largest absolute Gasteiger partial charge is 0.310 e. The van der Waals surface area contributed by atoms with Gasteiger partial charge in [-0.05, 0) is 56.3 Å². The highest BCUT2D eigenvalue weighted by Crippen LogP contribution is 2.23. The number of rotatable bonds is 7. The minimum atomic E-state index is -3.36. The van der Waals surface area contributed by atoms with Crippen molar-refractivity contribution in [1.82, 2.24) is 14.9 Å². The summed E-state index contributed by atoms with van der Waals surface area (Å²) in [6.07, 6.45) is 4.70. The Hall–Kier alpha value is -0.470. The van der Waals surface area contributed by atoms with E-state index in [1.165, 1.54) is 24.2 Å². The average Bonchev–Trinajstić information content (AvgIpc) is 2.98. The average molecular weight is 329 g/mol. The molecule has 1 saturated heterocycles. The molecule has 0 radical (unpaired) electrons. The van der Waals surface area contributed by atoms with Crippen LogP contribution >= 0.6 is 11.3 Å². The smallest absolute Gasteiger partial charge is 0.250 e. The summed E-state index contributed by atoms with van der Waals surface area (Å²) in [5.41, 5.74) is 1.06. The zero-order valence-electron chi connectivity index (χ0n) is 12.3. The monoisotopic (exact) mass is 329 g/mol. The van der Waals surface area contributed by atoms with Gasteiger partial charge in [-0.15, -0.1) is 11.3 Å². The zero-order valence-corrected chi connectivity index (χ0v) is 14.0. The van der Waals surface area contributed by atoms with Crippen molar-refractivity contribution in [3.05, 3.63) is 17.0 Å². The standard InChI is InChI=1S/C14H23N3O2S2/c1-17-6-2-3-13(17)9-16-21(18,19)14-7-11(10-20-14)8-15-12-4-5-12/h7,10,12-13,15-16H,2-6,8-9H2,1H3. The van der Waals surface area contributed by atoms with Crippen molar-refractivity contribution in [1.29, 1.82) is 0 Å². The van der Waals surface area contributed by atoms with Crippen molar-refractivity contribution in [2.75, 3.05) is 20.1 Å². The van der Waals surface area contributed by atoms with Crippen LogP contribution in [0.3, 0.4) is 0 Å². The number of hydrogen-bond donors (Lipinski definition) is 2. The van der Waals surface area contributed by atoms with E-state index in [0.29, 0.717) is 22.8 Å². The van der Waals surface area contributed by atoms with Gasteiger partial charge in [-0.3, -0.25) is 0 Å². The van der Waals surface area contributed by atoms with Crippen LogP contribution in [0.15, 0.2) is 15.7 Å². The Morgan fingerprint density at radius 2 is 2.19 bits per heavy atom. The molecule has 7 heteroatoms. The lowest BCUT2D eigenvalue weighted by Gasteiger charge is -2.19. The Morgan fingerprint density at radius 3 is 2.86 bits per heavy atom. The first-order chi connectivity index (χ1) is 10.0. The molecule has 21 heavy (non-hydrogen) atoms. The molecule has 2 fully saturated rings. The minimum absolute atomic E-state index is 0.329. The number of nitrogens with one attached hydrogen (secondary N) is 2. The van der Waals surface area contributed by atoms with Gasteiger partial charge in [0.25, 0.3) is 0 Å². The predicted octanol–water partition coefficient (Wildman–Crippen LogP) is 1.37. The molecule has 1 aliphatic heterocycles. The Balaban J connectivity index is 1.55. The maximum atomic E-state index is 12.3. The molecule has 2 N–H and O–H groups in total. The molecule has 3 rings (SSSR count). The molecule has 0 bridgehead atoms. The number of likely N-dealkylation sites (N-methyl/N-ethyl adjacent to an activating group) is 1. The summed E-state index contributed by atoms with van der Waals surface area (Å²) in [6.45, 7) is 2.33. The van der Waals surface area contributed by atoms with Crippen LogP contribution in [0.4, 0.5) is 0 Å². The Kier molecular flexibility index (Phi) is 4.66. The molecule has 2 aliphatic rings. The lowest BCUT2D eigenvalue weighted by molar-refractivity contribution is 0.311. The van der Waals surface area contributed by atoms with Crippen LogP contribution in [0, 0.1) is 0 Å². The molecule has 5 nitrogen and oxygen atoms in total. The summed E-state index contributed by atoms with van der Waals surface area (Å²) in [7, 11) is -1.30. The third-order valence-corrected chi connectivity index (χ3v) is 7.16. The van der Waals surface area contributed by atoms with Crippen molar-refractivity contribution < 1.29 is 8.42 Å². The maximum absolute atomic E-state index is 12.3. The van der Waals surface area contributed by atoms with E-state index >= 15 is 0 Å². The predicted molar refractivity (Wildman–Crippen MR) is 85.0 cm³/mol. The molecule has 1 atom stereocenters. The molecule has 0 spiro atoms. The summed E-state index contributed by atoms with van der Waals surface area (Å²) < 4.78 is 27.8. The molecule has 0 aromatic carbocycles. The fraction of sp³-hybridized carbons (Fsp3) is 0.714. The van der Waals surface area contributed by atoms with Crippen LogP contribution < -0.4 is 10.0 Å². The lowest BCUT2D eigenvalue weighted by Crippen LogP contribution is -2.37. The quantitative estimate of drug-likeness (QED) is 0.793. The van der Waals surface area contributed by atoms with E-state index in [1.54, 1.807) is 6.07 Å². The van der Waals surface area contributed by atoms with Crippen molar-refractivity contribution >= 4 is 21.4 Å². The summed E-state index contributed by atoms with van der Waals surface area (Å²) in [4.78, 5) is 2.22. The van der Waals surface area contributed by atoms with Crippen molar-refractivity contribution in [3.8, 4) is 0 Å². The van der Waals surface area contributed by atoms with E-state index < -0.39 is 10.0 Å². The van der Waals surface area contributed by atoms with Crippen LogP contribution in [0.1, 0.15) is 31.2 Å². The number of nitrogens with zero attached hydrogens (tertiary/aromatic N) is 1. The summed E-state index contributed by atoms with van der Waals surface area (Å²) >= 11 is 1.31. The summed E-state index contributed by atoms with van der Waals surface area (Å²) in [5, 5.41) is 5.34. The van der Waals surface area contributed by atoms with E-state index in [2.05, 4.69) is 22.0 Å². The van der Waals surface area contributed by atoms with Gasteiger partial charge in [0, 0.05) is 25.2 Å². The first-order valence-corrected chi connectivity index (χ1v) is 9.91. The maximum Gasteiger partial charge on any atom is 0.250 e. The number of thiophene rings is 1. The van der Waals surface area contributed by atoms with Gasteiger partial charge >= 0.3 is 0 Å². The van der Waals surface area contributed by atoms with Crippen LogP contribution in [0.2, 0.25) is 0 Å². The first-order valence-electron chi connectivity index (χ1n) is 7.55. The molecule has 1 aromatic rings. The number of sulfonamides is 1. The van der Waals surface area contributed by atoms with Crippen molar-refractivity contribution in [2.24, 2.45) is 0 Å². The van der Waals surface area contributed by atoms with E-state index in [1.807, 2.05) is 5.38 Å². The van der Waals surface area contributed by atoms with Gasteiger partial charge in [-0.2, -0.15) is 0 Å². The number of hydrogen-bond acceptors (Lipinski definition) is 5. The van der Waals surface area contributed by atoms with Gasteiger partial charge in [0.1, 0.15) is 4.21 Å².